The Hall–Kier alpha value is -1.99. The van der Waals surface area contributed by atoms with Gasteiger partial charge in [0.2, 0.25) is 5.91 Å². The Morgan fingerprint density at radius 2 is 2.07 bits per heavy atom. The summed E-state index contributed by atoms with van der Waals surface area (Å²) in [6.45, 7) is 2.78. The van der Waals surface area contributed by atoms with Gasteiger partial charge in [-0.3, -0.25) is 14.5 Å². The van der Waals surface area contributed by atoms with Gasteiger partial charge in [-0.15, -0.1) is 11.3 Å². The van der Waals surface area contributed by atoms with Crippen molar-refractivity contribution in [3.05, 3.63) is 29.3 Å². The van der Waals surface area contributed by atoms with Crippen LogP contribution in [0.2, 0.25) is 0 Å². The molecule has 27 heavy (non-hydrogen) atoms. The predicted octanol–water partition coefficient (Wildman–Crippen LogP) is 3.06. The molecule has 0 spiro atoms. The van der Waals surface area contributed by atoms with Crippen LogP contribution in [0, 0.1) is 0 Å². The zero-order chi connectivity index (χ0) is 19.2. The van der Waals surface area contributed by atoms with E-state index in [2.05, 4.69) is 16.4 Å². The number of rotatable bonds is 10. The summed E-state index contributed by atoms with van der Waals surface area (Å²) in [5, 5.41) is 13.1. The van der Waals surface area contributed by atoms with Gasteiger partial charge >= 0.3 is 5.97 Å². The number of aryl methyl sites for hydroxylation is 1. The van der Waals surface area contributed by atoms with Crippen LogP contribution in [0.25, 0.3) is 10.2 Å². The molecule has 1 amide bonds. The lowest BCUT2D eigenvalue weighted by Crippen LogP contribution is -2.54. The van der Waals surface area contributed by atoms with Crippen LogP contribution in [0.4, 0.5) is 0 Å². The number of carbonyl (C=O) groups is 2. The summed E-state index contributed by atoms with van der Waals surface area (Å²) in [4.78, 5) is 29.5. The van der Waals surface area contributed by atoms with Gasteiger partial charge in [0.1, 0.15) is 0 Å². The van der Waals surface area contributed by atoms with E-state index in [1.54, 1.807) is 11.3 Å². The van der Waals surface area contributed by atoms with E-state index in [0.717, 1.165) is 49.2 Å². The molecule has 0 bridgehead atoms. The van der Waals surface area contributed by atoms with Crippen molar-refractivity contribution in [3.63, 3.8) is 0 Å². The van der Waals surface area contributed by atoms with Crippen molar-refractivity contribution in [1.82, 2.24) is 15.2 Å². The van der Waals surface area contributed by atoms with Gasteiger partial charge in [-0.1, -0.05) is 19.1 Å². The largest absolute Gasteiger partial charge is 0.480 e. The highest BCUT2D eigenvalue weighted by Gasteiger charge is 2.34. The molecule has 0 unspecified atom stereocenters. The number of amides is 1. The molecule has 0 radical (unpaired) electrons. The topological polar surface area (TPSA) is 82.5 Å². The fourth-order valence-corrected chi connectivity index (χ4v) is 4.57. The number of carbonyl (C=O) groups excluding carboxylic acids is 1. The Bertz CT molecular complexity index is 753. The van der Waals surface area contributed by atoms with Gasteiger partial charge in [-0.2, -0.15) is 0 Å². The standard InChI is InChI=1S/C20H27N3O3S/c1-2-23(13-20(25)26)15-11-14(12-15)21-18(24)9-5-6-10-19-22-16-7-3-4-8-17(16)27-19/h3-4,7-8,14-15H,2,5-6,9-13H2,1H3,(H,21,24)(H,25,26). The van der Waals surface area contributed by atoms with Crippen molar-refractivity contribution in [3.8, 4) is 0 Å². The molecular formula is C20H27N3O3S. The molecule has 6 nitrogen and oxygen atoms in total. The van der Waals surface area contributed by atoms with E-state index in [0.29, 0.717) is 6.42 Å². The number of para-hydroxylation sites is 1. The van der Waals surface area contributed by atoms with E-state index in [1.165, 1.54) is 4.70 Å². The van der Waals surface area contributed by atoms with E-state index in [9.17, 15) is 9.59 Å². The Morgan fingerprint density at radius 1 is 1.30 bits per heavy atom. The fourth-order valence-electron chi connectivity index (χ4n) is 3.57. The maximum absolute atomic E-state index is 12.1. The average molecular weight is 390 g/mol. The van der Waals surface area contributed by atoms with Crippen molar-refractivity contribution in [2.45, 2.75) is 57.5 Å². The van der Waals surface area contributed by atoms with Crippen LogP contribution in [0.3, 0.4) is 0 Å². The molecule has 1 aliphatic carbocycles. The van der Waals surface area contributed by atoms with Gasteiger partial charge in [0.25, 0.3) is 0 Å². The number of carboxylic acids is 1. The Labute approximate surface area is 163 Å². The second-order valence-corrected chi connectivity index (χ2v) is 8.24. The van der Waals surface area contributed by atoms with Crippen molar-refractivity contribution in [1.29, 1.82) is 0 Å². The normalized spacial score (nSPS) is 19.2. The Morgan fingerprint density at radius 3 is 2.78 bits per heavy atom. The number of benzene rings is 1. The second kappa shape index (κ2) is 9.28. The molecule has 0 aliphatic heterocycles. The summed E-state index contributed by atoms with van der Waals surface area (Å²) in [7, 11) is 0. The van der Waals surface area contributed by atoms with Crippen molar-refractivity contribution >= 4 is 33.4 Å². The number of likely N-dealkylation sites (N-methyl/N-ethyl adjacent to an activating group) is 1. The lowest BCUT2D eigenvalue weighted by atomic mass is 9.85. The van der Waals surface area contributed by atoms with Crippen molar-refractivity contribution < 1.29 is 14.7 Å². The predicted molar refractivity (Wildman–Crippen MR) is 107 cm³/mol. The highest BCUT2D eigenvalue weighted by Crippen LogP contribution is 2.26. The summed E-state index contributed by atoms with van der Waals surface area (Å²) in [5.41, 5.74) is 1.05. The average Bonchev–Trinajstić information content (AvgIpc) is 3.02. The van der Waals surface area contributed by atoms with E-state index in [4.69, 9.17) is 5.11 Å². The van der Waals surface area contributed by atoms with Crippen LogP contribution in [0.1, 0.15) is 44.0 Å². The SMILES string of the molecule is CCN(CC(=O)O)C1CC(NC(=O)CCCCc2nc3ccccc3s2)C1. The number of fused-ring (bicyclic) bond motifs is 1. The number of nitrogens with zero attached hydrogens (tertiary/aromatic N) is 2. The molecule has 7 heteroatoms. The summed E-state index contributed by atoms with van der Waals surface area (Å²) in [5.74, 6) is -0.693. The molecule has 1 fully saturated rings. The molecule has 0 atom stereocenters. The minimum Gasteiger partial charge on any atom is -0.480 e. The molecule has 0 saturated heterocycles. The van der Waals surface area contributed by atoms with E-state index in [-0.39, 0.29) is 24.5 Å². The van der Waals surface area contributed by atoms with E-state index < -0.39 is 5.97 Å². The Balaban J connectivity index is 1.31. The third-order valence-corrected chi connectivity index (χ3v) is 6.22. The number of aliphatic carboxylic acids is 1. The number of carboxylic acid groups (broad SMARTS) is 1. The van der Waals surface area contributed by atoms with Gasteiger partial charge < -0.3 is 10.4 Å². The van der Waals surface area contributed by atoms with Crippen LogP contribution in [-0.4, -0.2) is 52.0 Å². The van der Waals surface area contributed by atoms with Crippen LogP contribution < -0.4 is 5.32 Å². The molecule has 1 aliphatic rings. The van der Waals surface area contributed by atoms with E-state index in [1.807, 2.05) is 30.0 Å². The van der Waals surface area contributed by atoms with Crippen molar-refractivity contribution in [2.24, 2.45) is 0 Å². The molecule has 3 rings (SSSR count). The first-order valence-electron chi connectivity index (χ1n) is 9.64. The number of nitrogens with one attached hydrogen (secondary N) is 1. The van der Waals surface area contributed by atoms with Crippen molar-refractivity contribution in [2.75, 3.05) is 13.1 Å². The summed E-state index contributed by atoms with van der Waals surface area (Å²) in [6.07, 6.45) is 4.97. The van der Waals surface area contributed by atoms with Crippen LogP contribution >= 0.6 is 11.3 Å². The van der Waals surface area contributed by atoms with Gasteiger partial charge in [0.05, 0.1) is 21.8 Å². The third-order valence-electron chi connectivity index (χ3n) is 5.12. The molecular weight excluding hydrogens is 362 g/mol. The zero-order valence-electron chi connectivity index (χ0n) is 15.7. The lowest BCUT2D eigenvalue weighted by molar-refractivity contribution is -0.139. The number of thiazole rings is 1. The first kappa shape index (κ1) is 19.8. The third kappa shape index (κ3) is 5.49. The second-order valence-electron chi connectivity index (χ2n) is 7.13. The van der Waals surface area contributed by atoms with Crippen LogP contribution in [0.15, 0.2) is 24.3 Å². The number of unbranched alkanes of at least 4 members (excludes halogenated alkanes) is 1. The minimum atomic E-state index is -0.794. The van der Waals surface area contributed by atoms with Crippen LogP contribution in [-0.2, 0) is 16.0 Å². The van der Waals surface area contributed by atoms with E-state index >= 15 is 0 Å². The highest BCUT2D eigenvalue weighted by molar-refractivity contribution is 7.18. The van der Waals surface area contributed by atoms with Gasteiger partial charge in [-0.25, -0.2) is 4.98 Å². The Kier molecular flexibility index (Phi) is 6.79. The summed E-state index contributed by atoms with van der Waals surface area (Å²) < 4.78 is 1.22. The quantitative estimate of drug-likeness (QED) is 0.610. The first-order valence-corrected chi connectivity index (χ1v) is 10.5. The molecule has 2 aromatic rings. The van der Waals surface area contributed by atoms with Crippen LogP contribution in [0.5, 0.6) is 0 Å². The molecule has 1 saturated carbocycles. The monoisotopic (exact) mass is 389 g/mol. The number of hydrogen-bond acceptors (Lipinski definition) is 5. The molecule has 1 heterocycles. The first-order chi connectivity index (χ1) is 13.0. The maximum Gasteiger partial charge on any atom is 0.317 e. The molecule has 146 valence electrons. The molecule has 1 aromatic heterocycles. The maximum atomic E-state index is 12.1. The zero-order valence-corrected chi connectivity index (χ0v) is 16.5. The summed E-state index contributed by atoms with van der Waals surface area (Å²) >= 11 is 1.73. The fraction of sp³-hybridized carbons (Fsp3) is 0.550. The van der Waals surface area contributed by atoms with Gasteiger partial charge in [0, 0.05) is 18.5 Å². The van der Waals surface area contributed by atoms with Gasteiger partial charge in [0.15, 0.2) is 0 Å². The minimum absolute atomic E-state index is 0.0770. The molecule has 1 aromatic carbocycles. The lowest BCUT2D eigenvalue weighted by Gasteiger charge is -2.42. The summed E-state index contributed by atoms with van der Waals surface area (Å²) in [6, 6.07) is 8.62. The smallest absolute Gasteiger partial charge is 0.317 e. The molecule has 2 N–H and O–H groups in total. The number of hydrogen-bond donors (Lipinski definition) is 2. The van der Waals surface area contributed by atoms with Gasteiger partial charge in [-0.05, 0) is 50.8 Å². The highest BCUT2D eigenvalue weighted by atomic mass is 32.1. The number of aromatic nitrogens is 1.